The van der Waals surface area contributed by atoms with Crippen LogP contribution >= 0.6 is 0 Å². The molecule has 2 heterocycles. The van der Waals surface area contributed by atoms with Crippen LogP contribution in [0.5, 0.6) is 0 Å². The first-order chi connectivity index (χ1) is 9.56. The second-order valence-electron chi connectivity index (χ2n) is 4.71. The van der Waals surface area contributed by atoms with Crippen molar-refractivity contribution in [2.75, 3.05) is 26.7 Å². The molecule has 0 radical (unpaired) electrons. The molecule has 1 aromatic heterocycles. The first-order valence-electron chi connectivity index (χ1n) is 6.38. The fraction of sp³-hybridized carbons (Fsp3) is 0.583. The second kappa shape index (κ2) is 6.38. The van der Waals surface area contributed by atoms with Crippen molar-refractivity contribution < 1.29 is 19.4 Å². The normalized spacial score (nSPS) is 18.9. The molecule has 2 amide bonds. The van der Waals surface area contributed by atoms with Crippen LogP contribution in [0, 0.1) is 0 Å². The maximum Gasteiger partial charge on any atom is 0.320 e. The smallest absolute Gasteiger partial charge is 0.320 e. The summed E-state index contributed by atoms with van der Waals surface area (Å²) in [5, 5.41) is 8.76. The number of nitrogens with zero attached hydrogens (tertiary/aromatic N) is 3. The van der Waals surface area contributed by atoms with Gasteiger partial charge in [-0.15, -0.1) is 0 Å². The van der Waals surface area contributed by atoms with Crippen molar-refractivity contribution in [3.05, 3.63) is 18.2 Å². The van der Waals surface area contributed by atoms with E-state index in [2.05, 4.69) is 9.97 Å². The Bertz CT molecular complexity index is 462. The Balaban J connectivity index is 1.89. The lowest BCUT2D eigenvalue weighted by Gasteiger charge is -2.34. The summed E-state index contributed by atoms with van der Waals surface area (Å²) >= 11 is 0. The number of hydrogen-bond donors (Lipinski definition) is 2. The minimum Gasteiger partial charge on any atom is -0.481 e. The molecular formula is C12H18N4O4. The molecule has 20 heavy (non-hydrogen) atoms. The summed E-state index contributed by atoms with van der Waals surface area (Å²) in [6.07, 6.45) is 2.80. The van der Waals surface area contributed by atoms with Crippen LogP contribution in [0.1, 0.15) is 12.2 Å². The number of hydrogen-bond acceptors (Lipinski definition) is 4. The van der Waals surface area contributed by atoms with Crippen molar-refractivity contribution >= 4 is 12.0 Å². The van der Waals surface area contributed by atoms with E-state index in [1.807, 2.05) is 0 Å². The lowest BCUT2D eigenvalue weighted by Crippen LogP contribution is -2.50. The number of rotatable bonds is 4. The Morgan fingerprint density at radius 2 is 2.45 bits per heavy atom. The maximum atomic E-state index is 12.3. The van der Waals surface area contributed by atoms with E-state index in [1.165, 1.54) is 0 Å². The average molecular weight is 282 g/mol. The minimum absolute atomic E-state index is 0.0916. The molecule has 1 unspecified atom stereocenters. The molecule has 2 N–H and O–H groups in total. The molecule has 0 aliphatic carbocycles. The summed E-state index contributed by atoms with van der Waals surface area (Å²) < 4.78 is 5.34. The Morgan fingerprint density at radius 1 is 1.65 bits per heavy atom. The van der Waals surface area contributed by atoms with Gasteiger partial charge < -0.3 is 24.6 Å². The van der Waals surface area contributed by atoms with E-state index in [0.717, 1.165) is 0 Å². The monoisotopic (exact) mass is 282 g/mol. The highest BCUT2D eigenvalue weighted by atomic mass is 16.5. The van der Waals surface area contributed by atoms with Crippen LogP contribution in [0.4, 0.5) is 4.79 Å². The standard InChI is InChI=1S/C12H18N4O4/c1-15(8-10-13-2-3-14-10)12(19)16-4-5-20-9(7-16)6-11(17)18/h2-3,9H,4-8H2,1H3,(H,13,14)(H,17,18). The number of nitrogens with one attached hydrogen (secondary N) is 1. The van der Waals surface area contributed by atoms with Gasteiger partial charge in [-0.25, -0.2) is 9.78 Å². The zero-order chi connectivity index (χ0) is 14.5. The maximum absolute atomic E-state index is 12.3. The highest BCUT2D eigenvalue weighted by Crippen LogP contribution is 2.11. The van der Waals surface area contributed by atoms with Crippen molar-refractivity contribution in [2.24, 2.45) is 0 Å². The van der Waals surface area contributed by atoms with Gasteiger partial charge in [0.05, 0.1) is 25.7 Å². The molecule has 1 aromatic rings. The highest BCUT2D eigenvalue weighted by molar-refractivity contribution is 5.74. The summed E-state index contributed by atoms with van der Waals surface area (Å²) in [5.41, 5.74) is 0. The molecule has 0 spiro atoms. The molecule has 8 heteroatoms. The average Bonchev–Trinajstić information content (AvgIpc) is 2.90. The number of carbonyl (C=O) groups is 2. The fourth-order valence-corrected chi connectivity index (χ4v) is 2.13. The van der Waals surface area contributed by atoms with E-state index in [0.29, 0.717) is 32.1 Å². The third-order valence-electron chi connectivity index (χ3n) is 3.08. The summed E-state index contributed by atoms with van der Waals surface area (Å²) in [6.45, 7) is 1.51. The Labute approximate surface area is 116 Å². The van der Waals surface area contributed by atoms with Crippen LogP contribution in [0.2, 0.25) is 0 Å². The van der Waals surface area contributed by atoms with Gasteiger partial charge in [-0.05, 0) is 0 Å². The number of imidazole rings is 1. The summed E-state index contributed by atoms with van der Waals surface area (Å²) in [6, 6.07) is -0.153. The van der Waals surface area contributed by atoms with Crippen LogP contribution in [-0.2, 0) is 16.1 Å². The number of urea groups is 1. The molecule has 8 nitrogen and oxygen atoms in total. The number of aromatic amines is 1. The lowest BCUT2D eigenvalue weighted by molar-refractivity contribution is -0.141. The van der Waals surface area contributed by atoms with Gasteiger partial charge >= 0.3 is 12.0 Å². The molecule has 1 saturated heterocycles. The van der Waals surface area contributed by atoms with Gasteiger partial charge in [-0.2, -0.15) is 0 Å². The number of carboxylic acid groups (broad SMARTS) is 1. The first-order valence-corrected chi connectivity index (χ1v) is 6.38. The Kier molecular flexibility index (Phi) is 4.57. The van der Waals surface area contributed by atoms with E-state index in [1.54, 1.807) is 29.2 Å². The molecule has 0 aromatic carbocycles. The van der Waals surface area contributed by atoms with Crippen molar-refractivity contribution in [1.29, 1.82) is 0 Å². The van der Waals surface area contributed by atoms with Gasteiger partial charge in [0.2, 0.25) is 0 Å². The van der Waals surface area contributed by atoms with Crippen LogP contribution in [0.25, 0.3) is 0 Å². The second-order valence-corrected chi connectivity index (χ2v) is 4.71. The van der Waals surface area contributed by atoms with Crippen LogP contribution in [0.3, 0.4) is 0 Å². The SMILES string of the molecule is CN(Cc1ncc[nH]1)C(=O)N1CCOC(CC(=O)O)C1. The Hall–Kier alpha value is -2.09. The predicted molar refractivity (Wildman–Crippen MR) is 69.0 cm³/mol. The number of morpholine rings is 1. The zero-order valence-electron chi connectivity index (χ0n) is 11.3. The van der Waals surface area contributed by atoms with E-state index in [9.17, 15) is 9.59 Å². The Morgan fingerprint density at radius 3 is 3.10 bits per heavy atom. The van der Waals surface area contributed by atoms with Crippen molar-refractivity contribution in [2.45, 2.75) is 19.1 Å². The number of aliphatic carboxylic acids is 1. The molecule has 0 bridgehead atoms. The number of amides is 2. The number of ether oxygens (including phenoxy) is 1. The predicted octanol–water partition coefficient (Wildman–Crippen LogP) is 0.137. The summed E-state index contributed by atoms with van der Waals surface area (Å²) in [7, 11) is 1.69. The number of H-pyrrole nitrogens is 1. The third kappa shape index (κ3) is 3.70. The van der Waals surface area contributed by atoms with Crippen molar-refractivity contribution in [3.8, 4) is 0 Å². The summed E-state index contributed by atoms with van der Waals surface area (Å²) in [5.74, 6) is -0.218. The number of carbonyl (C=O) groups excluding carboxylic acids is 1. The third-order valence-corrected chi connectivity index (χ3v) is 3.08. The largest absolute Gasteiger partial charge is 0.481 e. The zero-order valence-corrected chi connectivity index (χ0v) is 11.3. The van der Waals surface area contributed by atoms with E-state index < -0.39 is 12.1 Å². The number of aromatic nitrogens is 2. The van der Waals surface area contributed by atoms with Crippen molar-refractivity contribution in [1.82, 2.24) is 19.8 Å². The van der Waals surface area contributed by atoms with E-state index in [-0.39, 0.29) is 12.5 Å². The van der Waals surface area contributed by atoms with Gasteiger partial charge in [-0.1, -0.05) is 0 Å². The van der Waals surface area contributed by atoms with Gasteiger partial charge in [-0.3, -0.25) is 4.79 Å². The topological polar surface area (TPSA) is 98.8 Å². The van der Waals surface area contributed by atoms with Gasteiger partial charge in [0, 0.05) is 32.5 Å². The van der Waals surface area contributed by atoms with Crippen LogP contribution < -0.4 is 0 Å². The van der Waals surface area contributed by atoms with Crippen LogP contribution in [-0.4, -0.2) is 69.7 Å². The molecule has 110 valence electrons. The highest BCUT2D eigenvalue weighted by Gasteiger charge is 2.27. The number of carboxylic acids is 1. The molecule has 1 aliphatic rings. The fourth-order valence-electron chi connectivity index (χ4n) is 2.13. The molecule has 1 aliphatic heterocycles. The first kappa shape index (κ1) is 14.3. The van der Waals surface area contributed by atoms with Gasteiger partial charge in [0.15, 0.2) is 0 Å². The quantitative estimate of drug-likeness (QED) is 0.818. The molecule has 1 atom stereocenters. The van der Waals surface area contributed by atoms with Gasteiger partial charge in [0.25, 0.3) is 0 Å². The van der Waals surface area contributed by atoms with Gasteiger partial charge in [0.1, 0.15) is 5.82 Å². The summed E-state index contributed by atoms with van der Waals surface area (Å²) in [4.78, 5) is 33.1. The minimum atomic E-state index is -0.923. The van der Waals surface area contributed by atoms with E-state index >= 15 is 0 Å². The molecular weight excluding hydrogens is 264 g/mol. The van der Waals surface area contributed by atoms with E-state index in [4.69, 9.17) is 9.84 Å². The molecule has 1 fully saturated rings. The lowest BCUT2D eigenvalue weighted by atomic mass is 10.2. The molecule has 0 saturated carbocycles. The van der Waals surface area contributed by atoms with Crippen LogP contribution in [0.15, 0.2) is 12.4 Å². The van der Waals surface area contributed by atoms with Crippen molar-refractivity contribution in [3.63, 3.8) is 0 Å². The molecule has 2 rings (SSSR count).